The highest BCUT2D eigenvalue weighted by Gasteiger charge is 2.22. The van der Waals surface area contributed by atoms with Gasteiger partial charge in [-0.05, 0) is 43.7 Å². The van der Waals surface area contributed by atoms with Gasteiger partial charge in [0.1, 0.15) is 17.6 Å². The van der Waals surface area contributed by atoms with E-state index in [0.717, 1.165) is 34.6 Å². The molecular weight excluding hydrogens is 358 g/mol. The predicted octanol–water partition coefficient (Wildman–Crippen LogP) is 2.51. The van der Waals surface area contributed by atoms with E-state index < -0.39 is 6.03 Å². The summed E-state index contributed by atoms with van der Waals surface area (Å²) in [6.45, 7) is 5.18. The van der Waals surface area contributed by atoms with Crippen molar-refractivity contribution in [2.45, 2.75) is 39.5 Å². The van der Waals surface area contributed by atoms with Crippen molar-refractivity contribution >= 4 is 11.9 Å². The van der Waals surface area contributed by atoms with Gasteiger partial charge in [0.2, 0.25) is 0 Å². The molecule has 7 nitrogen and oxygen atoms in total. The summed E-state index contributed by atoms with van der Waals surface area (Å²) in [6, 6.07) is 10.4. The Labute approximate surface area is 164 Å². The molecule has 0 aliphatic carbocycles. The standard InChI is InChI=1S/C21H25N3O4/c1-3-27-18-9-16-8-13(2)28-19(16)10-17(18)12-23-20(25)15-6-4-14(5-7-15)11-24-21(22)26/h4-7,9-10,13H,3,8,11-12H2,1-2H3,(H,23,25)(H3,22,24,26). The summed E-state index contributed by atoms with van der Waals surface area (Å²) < 4.78 is 11.6. The number of amides is 3. The quantitative estimate of drug-likeness (QED) is 0.683. The van der Waals surface area contributed by atoms with Crippen LogP contribution in [0.25, 0.3) is 0 Å². The van der Waals surface area contributed by atoms with Crippen molar-refractivity contribution in [1.82, 2.24) is 10.6 Å². The Balaban J connectivity index is 1.65. The molecule has 148 valence electrons. The fourth-order valence-electron chi connectivity index (χ4n) is 3.15. The molecule has 1 aliphatic rings. The largest absolute Gasteiger partial charge is 0.494 e. The normalized spacial score (nSPS) is 14.7. The van der Waals surface area contributed by atoms with Gasteiger partial charge in [0, 0.05) is 36.2 Å². The topological polar surface area (TPSA) is 103 Å². The van der Waals surface area contributed by atoms with E-state index in [4.69, 9.17) is 15.2 Å². The molecular formula is C21H25N3O4. The van der Waals surface area contributed by atoms with Gasteiger partial charge in [0.15, 0.2) is 0 Å². The van der Waals surface area contributed by atoms with Crippen LogP contribution in [0.1, 0.15) is 40.9 Å². The summed E-state index contributed by atoms with van der Waals surface area (Å²) in [7, 11) is 0. The van der Waals surface area contributed by atoms with Crippen LogP contribution in [0.2, 0.25) is 0 Å². The van der Waals surface area contributed by atoms with Gasteiger partial charge in [-0.3, -0.25) is 4.79 Å². The molecule has 0 spiro atoms. The minimum absolute atomic E-state index is 0.150. The lowest BCUT2D eigenvalue weighted by Gasteiger charge is -2.13. The Hall–Kier alpha value is -3.22. The Bertz CT molecular complexity index is 865. The summed E-state index contributed by atoms with van der Waals surface area (Å²) in [5.41, 5.74) is 8.46. The zero-order chi connectivity index (χ0) is 20.1. The van der Waals surface area contributed by atoms with E-state index in [2.05, 4.69) is 10.6 Å². The van der Waals surface area contributed by atoms with E-state index in [-0.39, 0.29) is 12.0 Å². The van der Waals surface area contributed by atoms with Crippen molar-refractivity contribution < 1.29 is 19.1 Å². The minimum Gasteiger partial charge on any atom is -0.494 e. The molecule has 3 amide bonds. The van der Waals surface area contributed by atoms with Gasteiger partial charge >= 0.3 is 6.03 Å². The molecule has 0 bridgehead atoms. The highest BCUT2D eigenvalue weighted by molar-refractivity contribution is 5.94. The molecule has 1 unspecified atom stereocenters. The van der Waals surface area contributed by atoms with E-state index in [0.29, 0.717) is 25.3 Å². The predicted molar refractivity (Wildman–Crippen MR) is 105 cm³/mol. The molecule has 0 saturated heterocycles. The van der Waals surface area contributed by atoms with Crippen LogP contribution in [0.4, 0.5) is 4.79 Å². The first-order valence-electron chi connectivity index (χ1n) is 9.32. The first kappa shape index (κ1) is 19.5. The van der Waals surface area contributed by atoms with Gasteiger partial charge in [0.25, 0.3) is 5.91 Å². The number of ether oxygens (including phenoxy) is 2. The highest BCUT2D eigenvalue weighted by atomic mass is 16.5. The number of nitrogens with one attached hydrogen (secondary N) is 2. The van der Waals surface area contributed by atoms with Crippen LogP contribution in [0.3, 0.4) is 0 Å². The number of rotatable bonds is 7. The van der Waals surface area contributed by atoms with E-state index in [1.165, 1.54) is 0 Å². The van der Waals surface area contributed by atoms with Crippen molar-refractivity contribution in [2.75, 3.05) is 6.61 Å². The van der Waals surface area contributed by atoms with Gasteiger partial charge in [-0.15, -0.1) is 0 Å². The second-order valence-electron chi connectivity index (χ2n) is 6.73. The molecule has 0 fully saturated rings. The minimum atomic E-state index is -0.584. The molecule has 7 heteroatoms. The fourth-order valence-corrected chi connectivity index (χ4v) is 3.15. The van der Waals surface area contributed by atoms with Crippen LogP contribution in [0.15, 0.2) is 36.4 Å². The number of fused-ring (bicyclic) bond motifs is 1. The van der Waals surface area contributed by atoms with Crippen molar-refractivity contribution in [3.63, 3.8) is 0 Å². The Kier molecular flexibility index (Phi) is 6.03. The third-order valence-electron chi connectivity index (χ3n) is 4.50. The Morgan fingerprint density at radius 3 is 2.61 bits per heavy atom. The number of carbonyl (C=O) groups is 2. The second-order valence-corrected chi connectivity index (χ2v) is 6.73. The number of benzene rings is 2. The number of hydrogen-bond donors (Lipinski definition) is 3. The molecule has 1 atom stereocenters. The maximum atomic E-state index is 12.5. The molecule has 1 aliphatic heterocycles. The molecule has 0 aromatic heterocycles. The van der Waals surface area contributed by atoms with Crippen LogP contribution >= 0.6 is 0 Å². The summed E-state index contributed by atoms with van der Waals surface area (Å²) >= 11 is 0. The molecule has 3 rings (SSSR count). The maximum Gasteiger partial charge on any atom is 0.312 e. The van der Waals surface area contributed by atoms with E-state index >= 15 is 0 Å². The van der Waals surface area contributed by atoms with Gasteiger partial charge in [-0.1, -0.05) is 12.1 Å². The number of hydrogen-bond acceptors (Lipinski definition) is 4. The summed E-state index contributed by atoms with van der Waals surface area (Å²) in [6.07, 6.45) is 1.01. The van der Waals surface area contributed by atoms with Gasteiger partial charge in [-0.25, -0.2) is 4.79 Å². The third-order valence-corrected chi connectivity index (χ3v) is 4.50. The lowest BCUT2D eigenvalue weighted by atomic mass is 10.1. The molecule has 1 heterocycles. The van der Waals surface area contributed by atoms with E-state index in [1.807, 2.05) is 26.0 Å². The lowest BCUT2D eigenvalue weighted by molar-refractivity contribution is 0.0950. The summed E-state index contributed by atoms with van der Waals surface area (Å²) in [5, 5.41) is 5.43. The summed E-state index contributed by atoms with van der Waals surface area (Å²) in [5.74, 6) is 1.44. The Morgan fingerprint density at radius 2 is 1.93 bits per heavy atom. The molecule has 4 N–H and O–H groups in total. The number of primary amides is 1. The Morgan fingerprint density at radius 1 is 1.18 bits per heavy atom. The van der Waals surface area contributed by atoms with Crippen LogP contribution in [0.5, 0.6) is 11.5 Å². The third kappa shape index (κ3) is 4.73. The number of urea groups is 1. The zero-order valence-electron chi connectivity index (χ0n) is 16.1. The lowest BCUT2D eigenvalue weighted by Crippen LogP contribution is -2.28. The molecule has 2 aromatic rings. The van der Waals surface area contributed by atoms with Crippen molar-refractivity contribution in [3.05, 3.63) is 58.7 Å². The molecule has 2 aromatic carbocycles. The molecule has 28 heavy (non-hydrogen) atoms. The molecule has 0 saturated carbocycles. The zero-order valence-corrected chi connectivity index (χ0v) is 16.1. The van der Waals surface area contributed by atoms with Crippen molar-refractivity contribution in [2.24, 2.45) is 5.73 Å². The van der Waals surface area contributed by atoms with Crippen molar-refractivity contribution in [1.29, 1.82) is 0 Å². The van der Waals surface area contributed by atoms with E-state index in [9.17, 15) is 9.59 Å². The molecule has 0 radical (unpaired) electrons. The maximum absolute atomic E-state index is 12.5. The van der Waals surface area contributed by atoms with Crippen LogP contribution in [-0.2, 0) is 19.5 Å². The monoisotopic (exact) mass is 383 g/mol. The SMILES string of the molecule is CCOc1cc2c(cc1CNC(=O)c1ccc(CNC(N)=O)cc1)OC(C)C2. The van der Waals surface area contributed by atoms with Gasteiger partial charge in [-0.2, -0.15) is 0 Å². The second kappa shape index (κ2) is 8.65. The van der Waals surface area contributed by atoms with Crippen LogP contribution in [0, 0.1) is 0 Å². The van der Waals surface area contributed by atoms with Crippen LogP contribution < -0.4 is 25.8 Å². The van der Waals surface area contributed by atoms with Crippen LogP contribution in [-0.4, -0.2) is 24.6 Å². The number of carbonyl (C=O) groups excluding carboxylic acids is 2. The van der Waals surface area contributed by atoms with Crippen molar-refractivity contribution in [3.8, 4) is 11.5 Å². The average Bonchev–Trinajstić information content (AvgIpc) is 3.03. The number of nitrogens with two attached hydrogens (primary N) is 1. The first-order chi connectivity index (χ1) is 13.5. The average molecular weight is 383 g/mol. The first-order valence-corrected chi connectivity index (χ1v) is 9.32. The van der Waals surface area contributed by atoms with Gasteiger partial charge in [0.05, 0.1) is 6.61 Å². The summed E-state index contributed by atoms with van der Waals surface area (Å²) in [4.78, 5) is 23.2. The van der Waals surface area contributed by atoms with E-state index in [1.54, 1.807) is 24.3 Å². The highest BCUT2D eigenvalue weighted by Crippen LogP contribution is 2.35. The fraction of sp³-hybridized carbons (Fsp3) is 0.333. The van der Waals surface area contributed by atoms with Gasteiger partial charge < -0.3 is 25.8 Å². The smallest absolute Gasteiger partial charge is 0.312 e.